The Morgan fingerprint density at radius 2 is 2.45 bits per heavy atom. The average Bonchev–Trinajstić information content (AvgIpc) is 1.94. The Morgan fingerprint density at radius 1 is 1.73 bits per heavy atom. The van der Waals surface area contributed by atoms with Crippen LogP contribution in [-0.2, 0) is 4.74 Å². The highest BCUT2D eigenvalue weighted by Gasteiger charge is 2.19. The molecule has 1 saturated carbocycles. The molecular weight excluding hydrogens is 138 g/mol. The van der Waals surface area contributed by atoms with Crippen LogP contribution in [-0.4, -0.2) is 25.8 Å². The molecule has 2 nitrogen and oxygen atoms in total. The number of nitrogens with one attached hydrogen (secondary N) is 1. The van der Waals surface area contributed by atoms with E-state index in [-0.39, 0.29) is 6.04 Å². The topological polar surface area (TPSA) is 21.3 Å². The van der Waals surface area contributed by atoms with E-state index < -0.39 is 0 Å². The van der Waals surface area contributed by atoms with Crippen molar-refractivity contribution in [3.63, 3.8) is 0 Å². The van der Waals surface area contributed by atoms with Gasteiger partial charge in [0.25, 0.3) is 0 Å². The predicted molar refractivity (Wildman–Crippen MR) is 45.3 cm³/mol. The molecule has 1 atom stereocenters. The van der Waals surface area contributed by atoms with Crippen molar-refractivity contribution >= 4 is 0 Å². The van der Waals surface area contributed by atoms with Gasteiger partial charge in [-0.1, -0.05) is 12.3 Å². The zero-order chi connectivity index (χ0) is 8.10. The van der Waals surface area contributed by atoms with Crippen LogP contribution in [0, 0.1) is 12.3 Å². The SMILES string of the molecule is C#CC(COC)NC1CCC1. The van der Waals surface area contributed by atoms with Crippen molar-refractivity contribution in [2.45, 2.75) is 31.3 Å². The quantitative estimate of drug-likeness (QED) is 0.602. The van der Waals surface area contributed by atoms with Gasteiger partial charge in [0.1, 0.15) is 0 Å². The summed E-state index contributed by atoms with van der Waals surface area (Å²) in [6, 6.07) is 0.747. The molecular formula is C9H15NO. The Labute approximate surface area is 68.3 Å². The number of hydrogen-bond acceptors (Lipinski definition) is 2. The summed E-state index contributed by atoms with van der Waals surface area (Å²) in [6.45, 7) is 0.618. The number of hydrogen-bond donors (Lipinski definition) is 1. The predicted octanol–water partition coefficient (Wildman–Crippen LogP) is 0.777. The molecule has 0 aromatic heterocycles. The van der Waals surface area contributed by atoms with Crippen LogP contribution in [0.1, 0.15) is 19.3 Å². The lowest BCUT2D eigenvalue weighted by Crippen LogP contribution is -2.43. The van der Waals surface area contributed by atoms with E-state index in [0.29, 0.717) is 12.6 Å². The van der Waals surface area contributed by atoms with E-state index in [1.807, 2.05) is 0 Å². The van der Waals surface area contributed by atoms with Gasteiger partial charge in [-0.3, -0.25) is 5.32 Å². The van der Waals surface area contributed by atoms with Crippen molar-refractivity contribution in [1.29, 1.82) is 0 Å². The number of rotatable bonds is 4. The van der Waals surface area contributed by atoms with E-state index in [1.54, 1.807) is 7.11 Å². The fraction of sp³-hybridized carbons (Fsp3) is 0.778. The van der Waals surface area contributed by atoms with E-state index in [4.69, 9.17) is 11.2 Å². The normalized spacial score (nSPS) is 20.4. The largest absolute Gasteiger partial charge is 0.382 e. The second-order valence-corrected chi connectivity index (χ2v) is 2.97. The molecule has 0 aromatic carbocycles. The van der Waals surface area contributed by atoms with Crippen LogP contribution in [0.3, 0.4) is 0 Å². The van der Waals surface area contributed by atoms with Crippen molar-refractivity contribution in [2.24, 2.45) is 0 Å². The molecule has 2 heteroatoms. The smallest absolute Gasteiger partial charge is 0.0925 e. The molecule has 0 heterocycles. The summed E-state index contributed by atoms with van der Waals surface area (Å²) in [5.41, 5.74) is 0. The minimum absolute atomic E-state index is 0.102. The summed E-state index contributed by atoms with van der Waals surface area (Å²) in [6.07, 6.45) is 9.16. The lowest BCUT2D eigenvalue weighted by Gasteiger charge is -2.29. The van der Waals surface area contributed by atoms with Crippen LogP contribution < -0.4 is 5.32 Å². The Morgan fingerprint density at radius 3 is 2.82 bits per heavy atom. The zero-order valence-electron chi connectivity index (χ0n) is 6.97. The van der Waals surface area contributed by atoms with Gasteiger partial charge in [0.05, 0.1) is 12.6 Å². The molecule has 0 saturated heterocycles. The van der Waals surface area contributed by atoms with Crippen LogP contribution >= 0.6 is 0 Å². The minimum Gasteiger partial charge on any atom is -0.382 e. The van der Waals surface area contributed by atoms with Crippen LogP contribution in [0.2, 0.25) is 0 Å². The van der Waals surface area contributed by atoms with Crippen molar-refractivity contribution in [1.82, 2.24) is 5.32 Å². The fourth-order valence-corrected chi connectivity index (χ4v) is 1.17. The van der Waals surface area contributed by atoms with E-state index in [9.17, 15) is 0 Å². The van der Waals surface area contributed by atoms with Crippen LogP contribution in [0.25, 0.3) is 0 Å². The lowest BCUT2D eigenvalue weighted by molar-refractivity contribution is 0.169. The maximum absolute atomic E-state index is 5.29. The second-order valence-electron chi connectivity index (χ2n) is 2.97. The summed E-state index contributed by atoms with van der Waals surface area (Å²) in [5, 5.41) is 3.34. The van der Waals surface area contributed by atoms with Crippen LogP contribution in [0.4, 0.5) is 0 Å². The van der Waals surface area contributed by atoms with Gasteiger partial charge in [-0.15, -0.1) is 6.42 Å². The van der Waals surface area contributed by atoms with Gasteiger partial charge in [0.15, 0.2) is 0 Å². The highest BCUT2D eigenvalue weighted by Crippen LogP contribution is 2.18. The number of terminal acetylenes is 1. The third kappa shape index (κ3) is 2.53. The monoisotopic (exact) mass is 153 g/mol. The van der Waals surface area contributed by atoms with Crippen molar-refractivity contribution < 1.29 is 4.74 Å². The first kappa shape index (κ1) is 8.58. The van der Waals surface area contributed by atoms with E-state index >= 15 is 0 Å². The molecule has 1 rings (SSSR count). The van der Waals surface area contributed by atoms with Crippen molar-refractivity contribution in [2.75, 3.05) is 13.7 Å². The van der Waals surface area contributed by atoms with E-state index in [0.717, 1.165) is 0 Å². The number of methoxy groups -OCH3 is 1. The molecule has 0 amide bonds. The minimum atomic E-state index is 0.102. The van der Waals surface area contributed by atoms with Crippen molar-refractivity contribution in [3.05, 3.63) is 0 Å². The first-order chi connectivity index (χ1) is 5.36. The third-order valence-electron chi connectivity index (χ3n) is 2.08. The standard InChI is InChI=1S/C9H15NO/c1-3-8(7-11-2)10-9-5-4-6-9/h1,8-10H,4-7H2,2H3. The summed E-state index contributed by atoms with van der Waals surface area (Å²) < 4.78 is 4.96. The number of ether oxygens (including phenoxy) is 1. The van der Waals surface area contributed by atoms with Gasteiger partial charge in [0, 0.05) is 13.2 Å². The molecule has 62 valence electrons. The molecule has 0 aliphatic heterocycles. The van der Waals surface area contributed by atoms with Crippen LogP contribution in [0.5, 0.6) is 0 Å². The Bertz CT molecular complexity index is 146. The maximum Gasteiger partial charge on any atom is 0.0925 e. The van der Waals surface area contributed by atoms with Gasteiger partial charge in [-0.05, 0) is 12.8 Å². The maximum atomic E-state index is 5.29. The molecule has 0 aromatic rings. The van der Waals surface area contributed by atoms with E-state index in [1.165, 1.54) is 19.3 Å². The Balaban J connectivity index is 2.15. The van der Waals surface area contributed by atoms with Crippen LogP contribution in [0.15, 0.2) is 0 Å². The third-order valence-corrected chi connectivity index (χ3v) is 2.08. The highest BCUT2D eigenvalue weighted by molar-refractivity contribution is 5.00. The Kier molecular flexibility index (Phi) is 3.41. The van der Waals surface area contributed by atoms with Gasteiger partial charge < -0.3 is 4.74 Å². The molecule has 1 fully saturated rings. The second kappa shape index (κ2) is 4.38. The molecule has 1 aliphatic carbocycles. The van der Waals surface area contributed by atoms with E-state index in [2.05, 4.69) is 11.2 Å². The molecule has 0 bridgehead atoms. The summed E-state index contributed by atoms with van der Waals surface area (Å²) >= 11 is 0. The summed E-state index contributed by atoms with van der Waals surface area (Å²) in [4.78, 5) is 0. The lowest BCUT2D eigenvalue weighted by atomic mass is 9.92. The van der Waals surface area contributed by atoms with Crippen molar-refractivity contribution in [3.8, 4) is 12.3 Å². The molecule has 1 unspecified atom stereocenters. The summed E-state index contributed by atoms with van der Waals surface area (Å²) in [7, 11) is 1.67. The Hall–Kier alpha value is -0.520. The average molecular weight is 153 g/mol. The van der Waals surface area contributed by atoms with Gasteiger partial charge in [0.2, 0.25) is 0 Å². The molecule has 1 aliphatic rings. The molecule has 1 N–H and O–H groups in total. The first-order valence-corrected chi connectivity index (χ1v) is 4.08. The van der Waals surface area contributed by atoms with Gasteiger partial charge in [-0.2, -0.15) is 0 Å². The molecule has 0 radical (unpaired) electrons. The fourth-order valence-electron chi connectivity index (χ4n) is 1.17. The molecule has 0 spiro atoms. The highest BCUT2D eigenvalue weighted by atomic mass is 16.5. The zero-order valence-corrected chi connectivity index (χ0v) is 6.97. The molecule has 11 heavy (non-hydrogen) atoms. The van der Waals surface area contributed by atoms with Gasteiger partial charge >= 0.3 is 0 Å². The summed E-state index contributed by atoms with van der Waals surface area (Å²) in [5.74, 6) is 2.67. The van der Waals surface area contributed by atoms with Gasteiger partial charge in [-0.25, -0.2) is 0 Å². The first-order valence-electron chi connectivity index (χ1n) is 4.08.